The van der Waals surface area contributed by atoms with Gasteiger partial charge in [0, 0.05) is 30.0 Å². The standard InChI is InChI=1S/C22H19N3O/c1-14-10-18(23-22(26)11-14)13-21-15(2)19-12-17(8-9-20(19)24-25-21)16-6-4-3-5-7-16/h3-9,11-12H,10,13H2,1-2H3. The van der Waals surface area contributed by atoms with Crippen molar-refractivity contribution in [3.8, 4) is 11.1 Å². The van der Waals surface area contributed by atoms with Crippen molar-refractivity contribution in [3.05, 3.63) is 71.4 Å². The van der Waals surface area contributed by atoms with Crippen LogP contribution in [-0.2, 0) is 11.2 Å². The van der Waals surface area contributed by atoms with Crippen LogP contribution in [0.2, 0.25) is 0 Å². The van der Waals surface area contributed by atoms with E-state index in [4.69, 9.17) is 0 Å². The number of benzene rings is 2. The number of aliphatic imine (C=N–C) groups is 1. The Morgan fingerprint density at radius 1 is 0.962 bits per heavy atom. The number of aromatic nitrogens is 2. The summed E-state index contributed by atoms with van der Waals surface area (Å²) in [7, 11) is 0. The summed E-state index contributed by atoms with van der Waals surface area (Å²) in [5.41, 5.74) is 7.07. The van der Waals surface area contributed by atoms with Crippen LogP contribution in [0.25, 0.3) is 22.0 Å². The molecule has 0 atom stereocenters. The zero-order valence-corrected chi connectivity index (χ0v) is 14.9. The second-order valence-electron chi connectivity index (χ2n) is 6.73. The number of nitrogens with zero attached hydrogens (tertiary/aromatic N) is 3. The summed E-state index contributed by atoms with van der Waals surface area (Å²) < 4.78 is 0. The van der Waals surface area contributed by atoms with Gasteiger partial charge < -0.3 is 0 Å². The Morgan fingerprint density at radius 2 is 1.77 bits per heavy atom. The summed E-state index contributed by atoms with van der Waals surface area (Å²) in [5, 5.41) is 9.86. The fraction of sp³-hybridized carbons (Fsp3) is 0.182. The molecule has 2 aromatic carbocycles. The Bertz CT molecular complexity index is 1070. The Morgan fingerprint density at radius 3 is 2.54 bits per heavy atom. The molecule has 1 aliphatic heterocycles. The smallest absolute Gasteiger partial charge is 0.267 e. The van der Waals surface area contributed by atoms with Crippen LogP contribution in [0, 0.1) is 6.92 Å². The summed E-state index contributed by atoms with van der Waals surface area (Å²) in [6, 6.07) is 16.5. The molecule has 0 saturated heterocycles. The van der Waals surface area contributed by atoms with E-state index >= 15 is 0 Å². The Labute approximate surface area is 152 Å². The van der Waals surface area contributed by atoms with E-state index in [0.29, 0.717) is 6.42 Å². The first-order valence-electron chi connectivity index (χ1n) is 8.69. The minimum atomic E-state index is -0.179. The van der Waals surface area contributed by atoms with E-state index in [0.717, 1.165) is 45.4 Å². The van der Waals surface area contributed by atoms with Crippen LogP contribution < -0.4 is 0 Å². The maximum absolute atomic E-state index is 11.7. The average molecular weight is 341 g/mol. The Kier molecular flexibility index (Phi) is 4.17. The van der Waals surface area contributed by atoms with Crippen molar-refractivity contribution >= 4 is 22.5 Å². The lowest BCUT2D eigenvalue weighted by atomic mass is 9.98. The highest BCUT2D eigenvalue weighted by atomic mass is 16.1. The molecule has 0 N–H and O–H groups in total. The number of hydrogen-bond acceptors (Lipinski definition) is 3. The van der Waals surface area contributed by atoms with E-state index in [-0.39, 0.29) is 5.91 Å². The fourth-order valence-corrected chi connectivity index (χ4v) is 3.35. The lowest BCUT2D eigenvalue weighted by molar-refractivity contribution is -0.113. The van der Waals surface area contributed by atoms with E-state index in [1.807, 2.05) is 31.2 Å². The summed E-state index contributed by atoms with van der Waals surface area (Å²) in [6.45, 7) is 4.02. The molecule has 4 heteroatoms. The van der Waals surface area contributed by atoms with Crippen LogP contribution in [0.3, 0.4) is 0 Å². The first-order valence-corrected chi connectivity index (χ1v) is 8.69. The van der Waals surface area contributed by atoms with E-state index in [9.17, 15) is 4.79 Å². The molecule has 4 nitrogen and oxygen atoms in total. The second-order valence-corrected chi connectivity index (χ2v) is 6.73. The van der Waals surface area contributed by atoms with Crippen molar-refractivity contribution in [2.75, 3.05) is 0 Å². The number of fused-ring (bicyclic) bond motifs is 1. The van der Waals surface area contributed by atoms with E-state index in [1.165, 1.54) is 5.56 Å². The third-order valence-electron chi connectivity index (χ3n) is 4.71. The monoisotopic (exact) mass is 341 g/mol. The molecule has 1 amide bonds. The molecule has 1 aliphatic rings. The Balaban J connectivity index is 1.73. The number of dihydropyridines is 1. The van der Waals surface area contributed by atoms with Gasteiger partial charge in [0.15, 0.2) is 0 Å². The van der Waals surface area contributed by atoms with Crippen molar-refractivity contribution in [2.24, 2.45) is 4.99 Å². The number of rotatable bonds is 3. The molecule has 1 aromatic heterocycles. The molecule has 0 aliphatic carbocycles. The lowest BCUT2D eigenvalue weighted by Crippen LogP contribution is -2.14. The SMILES string of the molecule is CC1=CC(=O)N=C(Cc2nnc3ccc(-c4ccccc4)cc3c2C)C1. The van der Waals surface area contributed by atoms with Crippen molar-refractivity contribution < 1.29 is 4.79 Å². The van der Waals surface area contributed by atoms with Crippen LogP contribution in [0.5, 0.6) is 0 Å². The average Bonchev–Trinajstić information content (AvgIpc) is 2.64. The third kappa shape index (κ3) is 3.18. The molecule has 0 bridgehead atoms. The van der Waals surface area contributed by atoms with Gasteiger partial charge in [-0.3, -0.25) is 4.79 Å². The summed E-state index contributed by atoms with van der Waals surface area (Å²) in [5.74, 6) is -0.179. The number of aryl methyl sites for hydroxylation is 1. The van der Waals surface area contributed by atoms with Gasteiger partial charge in [0.05, 0.1) is 11.2 Å². The third-order valence-corrected chi connectivity index (χ3v) is 4.71. The first kappa shape index (κ1) is 16.3. The topological polar surface area (TPSA) is 55.2 Å². The quantitative estimate of drug-likeness (QED) is 0.706. The molecule has 0 fully saturated rings. The van der Waals surface area contributed by atoms with Gasteiger partial charge in [0.2, 0.25) is 0 Å². The minimum Gasteiger partial charge on any atom is -0.267 e. The van der Waals surface area contributed by atoms with Crippen LogP contribution >= 0.6 is 0 Å². The minimum absolute atomic E-state index is 0.179. The zero-order valence-electron chi connectivity index (χ0n) is 14.9. The molecule has 4 rings (SSSR count). The van der Waals surface area contributed by atoms with Gasteiger partial charge >= 0.3 is 0 Å². The van der Waals surface area contributed by atoms with Crippen LogP contribution in [0.4, 0.5) is 0 Å². The first-order chi connectivity index (χ1) is 12.6. The van der Waals surface area contributed by atoms with Crippen molar-refractivity contribution in [1.82, 2.24) is 10.2 Å². The molecular formula is C22H19N3O. The molecule has 0 unspecified atom stereocenters. The highest BCUT2D eigenvalue weighted by molar-refractivity contribution is 6.05. The summed E-state index contributed by atoms with van der Waals surface area (Å²) in [4.78, 5) is 15.8. The maximum Gasteiger partial charge on any atom is 0.269 e. The van der Waals surface area contributed by atoms with E-state index < -0.39 is 0 Å². The molecular weight excluding hydrogens is 322 g/mol. The van der Waals surface area contributed by atoms with Crippen molar-refractivity contribution in [1.29, 1.82) is 0 Å². The molecule has 0 saturated carbocycles. The van der Waals surface area contributed by atoms with E-state index in [2.05, 4.69) is 46.4 Å². The molecule has 0 radical (unpaired) electrons. The highest BCUT2D eigenvalue weighted by Crippen LogP contribution is 2.26. The van der Waals surface area contributed by atoms with Gasteiger partial charge in [-0.05, 0) is 42.7 Å². The predicted molar refractivity (Wildman–Crippen MR) is 104 cm³/mol. The van der Waals surface area contributed by atoms with Gasteiger partial charge in [0.25, 0.3) is 5.91 Å². The van der Waals surface area contributed by atoms with Crippen LogP contribution in [0.1, 0.15) is 24.6 Å². The number of amides is 1. The molecule has 26 heavy (non-hydrogen) atoms. The van der Waals surface area contributed by atoms with Gasteiger partial charge in [-0.2, -0.15) is 10.2 Å². The summed E-state index contributed by atoms with van der Waals surface area (Å²) >= 11 is 0. The van der Waals surface area contributed by atoms with Crippen LogP contribution in [-0.4, -0.2) is 21.8 Å². The predicted octanol–water partition coefficient (Wildman–Crippen LogP) is 4.47. The largest absolute Gasteiger partial charge is 0.269 e. The van der Waals surface area contributed by atoms with Crippen LogP contribution in [0.15, 0.2) is 65.2 Å². The summed E-state index contributed by atoms with van der Waals surface area (Å²) in [6.07, 6.45) is 2.87. The van der Waals surface area contributed by atoms with Gasteiger partial charge in [-0.1, -0.05) is 42.0 Å². The molecule has 128 valence electrons. The fourth-order valence-electron chi connectivity index (χ4n) is 3.35. The zero-order chi connectivity index (χ0) is 18.1. The van der Waals surface area contributed by atoms with Gasteiger partial charge in [-0.25, -0.2) is 4.99 Å². The molecule has 3 aromatic rings. The second kappa shape index (κ2) is 6.64. The highest BCUT2D eigenvalue weighted by Gasteiger charge is 2.15. The maximum atomic E-state index is 11.7. The number of hydrogen-bond donors (Lipinski definition) is 0. The lowest BCUT2D eigenvalue weighted by Gasteiger charge is -2.13. The van der Waals surface area contributed by atoms with Gasteiger partial charge in [-0.15, -0.1) is 0 Å². The van der Waals surface area contributed by atoms with Gasteiger partial charge in [0.1, 0.15) is 0 Å². The van der Waals surface area contributed by atoms with E-state index in [1.54, 1.807) is 6.08 Å². The van der Waals surface area contributed by atoms with Crippen molar-refractivity contribution in [2.45, 2.75) is 26.7 Å². The molecule has 2 heterocycles. The molecule has 0 spiro atoms. The number of allylic oxidation sites excluding steroid dienone is 1. The number of carbonyl (C=O) groups excluding carboxylic acids is 1. The Hall–Kier alpha value is -3.14. The number of carbonyl (C=O) groups is 1. The van der Waals surface area contributed by atoms with Crippen molar-refractivity contribution in [3.63, 3.8) is 0 Å². The normalized spacial score (nSPS) is 14.3.